The summed E-state index contributed by atoms with van der Waals surface area (Å²) in [5.41, 5.74) is 4.04. The van der Waals surface area contributed by atoms with Gasteiger partial charge >= 0.3 is 0 Å². The van der Waals surface area contributed by atoms with Crippen molar-refractivity contribution in [2.75, 3.05) is 16.4 Å². The number of halogens is 1. The topological polar surface area (TPSA) is 88.4 Å². The number of amides is 2. The molecule has 0 atom stereocenters. The number of nitrogens with one attached hydrogen (secondary N) is 2. The second kappa shape index (κ2) is 8.33. The van der Waals surface area contributed by atoms with Crippen molar-refractivity contribution in [3.63, 3.8) is 0 Å². The lowest BCUT2D eigenvalue weighted by Gasteiger charge is -2.08. The molecule has 0 aliphatic carbocycles. The molecule has 0 saturated heterocycles. The molecular formula is C21H18ClN5O2S. The molecule has 0 unspecified atom stereocenters. The van der Waals surface area contributed by atoms with E-state index in [0.29, 0.717) is 21.6 Å². The predicted octanol–water partition coefficient (Wildman–Crippen LogP) is 4.53. The summed E-state index contributed by atoms with van der Waals surface area (Å²) in [4.78, 5) is 23.5. The maximum Gasteiger partial charge on any atom is 0.234 e. The van der Waals surface area contributed by atoms with Crippen molar-refractivity contribution in [2.45, 2.75) is 19.0 Å². The summed E-state index contributed by atoms with van der Waals surface area (Å²) in [5.74, 6) is -0.130. The van der Waals surface area contributed by atoms with Crippen LogP contribution in [0.25, 0.3) is 16.6 Å². The Hall–Kier alpha value is -3.10. The Balaban J connectivity index is 1.49. The lowest BCUT2D eigenvalue weighted by Crippen LogP contribution is -2.14. The fourth-order valence-corrected chi connectivity index (χ4v) is 4.08. The third-order valence-corrected chi connectivity index (χ3v) is 5.61. The number of pyridine rings is 1. The summed E-state index contributed by atoms with van der Waals surface area (Å²) in [6, 6.07) is 14.6. The number of carbonyl (C=O) groups excluding carboxylic acids is 2. The molecule has 2 heterocycles. The number of fused-ring (bicyclic) bond motifs is 3. The van der Waals surface area contributed by atoms with Crippen LogP contribution in [0, 0.1) is 6.92 Å². The molecule has 7 nitrogen and oxygen atoms in total. The number of nitrogens with zero attached hydrogens (tertiary/aromatic N) is 3. The van der Waals surface area contributed by atoms with E-state index in [1.165, 1.54) is 18.7 Å². The van der Waals surface area contributed by atoms with E-state index in [1.54, 1.807) is 24.3 Å². The molecule has 0 radical (unpaired) electrons. The van der Waals surface area contributed by atoms with Crippen LogP contribution in [0.2, 0.25) is 5.02 Å². The second-order valence-corrected chi connectivity index (χ2v) is 8.14. The van der Waals surface area contributed by atoms with Gasteiger partial charge in [-0.25, -0.2) is 0 Å². The van der Waals surface area contributed by atoms with E-state index in [9.17, 15) is 9.59 Å². The monoisotopic (exact) mass is 439 g/mol. The van der Waals surface area contributed by atoms with Gasteiger partial charge in [0.2, 0.25) is 11.8 Å². The van der Waals surface area contributed by atoms with Crippen LogP contribution < -0.4 is 10.6 Å². The number of aryl methyl sites for hydroxylation is 1. The van der Waals surface area contributed by atoms with Crippen LogP contribution in [0.3, 0.4) is 0 Å². The van der Waals surface area contributed by atoms with E-state index in [1.807, 2.05) is 35.6 Å². The van der Waals surface area contributed by atoms with Gasteiger partial charge in [-0.15, -0.1) is 10.2 Å². The van der Waals surface area contributed by atoms with Crippen molar-refractivity contribution in [3.05, 3.63) is 59.1 Å². The lowest BCUT2D eigenvalue weighted by atomic mass is 10.1. The fourth-order valence-electron chi connectivity index (χ4n) is 3.15. The highest BCUT2D eigenvalue weighted by atomic mass is 35.5. The predicted molar refractivity (Wildman–Crippen MR) is 120 cm³/mol. The van der Waals surface area contributed by atoms with E-state index in [2.05, 4.69) is 20.8 Å². The minimum Gasteiger partial charge on any atom is -0.326 e. The Morgan fingerprint density at radius 1 is 1.03 bits per heavy atom. The van der Waals surface area contributed by atoms with Gasteiger partial charge in [-0.2, -0.15) is 0 Å². The Bertz CT molecular complexity index is 1270. The van der Waals surface area contributed by atoms with Crippen LogP contribution >= 0.6 is 23.4 Å². The van der Waals surface area contributed by atoms with Gasteiger partial charge < -0.3 is 10.6 Å². The van der Waals surface area contributed by atoms with Gasteiger partial charge in [0.15, 0.2) is 10.8 Å². The summed E-state index contributed by atoms with van der Waals surface area (Å²) in [6.45, 7) is 3.45. The Labute approximate surface area is 181 Å². The third kappa shape index (κ3) is 4.24. The van der Waals surface area contributed by atoms with Crippen LogP contribution in [0.5, 0.6) is 0 Å². The molecule has 4 rings (SSSR count). The zero-order valence-corrected chi connectivity index (χ0v) is 17.8. The number of benzene rings is 2. The third-order valence-electron chi connectivity index (χ3n) is 4.45. The average Bonchev–Trinajstić information content (AvgIpc) is 3.10. The minimum atomic E-state index is -0.163. The lowest BCUT2D eigenvalue weighted by molar-refractivity contribution is -0.114. The number of anilines is 2. The summed E-state index contributed by atoms with van der Waals surface area (Å²) in [6.07, 6.45) is 0. The number of rotatable bonds is 5. The largest absolute Gasteiger partial charge is 0.326 e. The first-order valence-corrected chi connectivity index (χ1v) is 10.5. The Morgan fingerprint density at radius 3 is 2.43 bits per heavy atom. The van der Waals surface area contributed by atoms with Crippen LogP contribution in [-0.2, 0) is 9.59 Å². The summed E-state index contributed by atoms with van der Waals surface area (Å²) < 4.78 is 1.93. The van der Waals surface area contributed by atoms with Gasteiger partial charge in [-0.1, -0.05) is 23.4 Å². The summed E-state index contributed by atoms with van der Waals surface area (Å²) >= 11 is 7.46. The molecule has 0 aliphatic rings. The van der Waals surface area contributed by atoms with Crippen LogP contribution in [0.4, 0.5) is 11.4 Å². The zero-order valence-electron chi connectivity index (χ0n) is 16.3. The van der Waals surface area contributed by atoms with Crippen molar-refractivity contribution in [1.29, 1.82) is 0 Å². The molecule has 30 heavy (non-hydrogen) atoms. The van der Waals surface area contributed by atoms with E-state index in [4.69, 9.17) is 11.6 Å². The average molecular weight is 440 g/mol. The number of thioether (sulfide) groups is 1. The first kappa shape index (κ1) is 20.2. The maximum atomic E-state index is 12.4. The van der Waals surface area contributed by atoms with Gasteiger partial charge in [0.05, 0.1) is 11.3 Å². The molecule has 0 bridgehead atoms. The number of hydrogen-bond acceptors (Lipinski definition) is 5. The summed E-state index contributed by atoms with van der Waals surface area (Å²) in [7, 11) is 0. The Kier molecular flexibility index (Phi) is 5.61. The van der Waals surface area contributed by atoms with Crippen molar-refractivity contribution in [3.8, 4) is 0 Å². The van der Waals surface area contributed by atoms with Crippen molar-refractivity contribution < 1.29 is 9.59 Å². The van der Waals surface area contributed by atoms with E-state index >= 15 is 0 Å². The van der Waals surface area contributed by atoms with Crippen LogP contribution in [0.1, 0.15) is 12.5 Å². The highest BCUT2D eigenvalue weighted by Gasteiger charge is 2.14. The van der Waals surface area contributed by atoms with Crippen LogP contribution in [0.15, 0.2) is 53.7 Å². The highest BCUT2D eigenvalue weighted by molar-refractivity contribution is 7.99. The smallest absolute Gasteiger partial charge is 0.234 e. The molecule has 2 N–H and O–H groups in total. The number of hydrogen-bond donors (Lipinski definition) is 2. The van der Waals surface area contributed by atoms with Gasteiger partial charge in [0, 0.05) is 28.7 Å². The maximum absolute atomic E-state index is 12.4. The molecule has 0 spiro atoms. The van der Waals surface area contributed by atoms with Crippen molar-refractivity contribution in [1.82, 2.24) is 14.6 Å². The Morgan fingerprint density at radius 2 is 1.73 bits per heavy atom. The first-order valence-electron chi connectivity index (χ1n) is 9.15. The summed E-state index contributed by atoms with van der Waals surface area (Å²) in [5, 5.41) is 16.3. The molecule has 2 aromatic carbocycles. The molecule has 2 amide bonds. The van der Waals surface area contributed by atoms with E-state index in [-0.39, 0.29) is 17.6 Å². The van der Waals surface area contributed by atoms with Gasteiger partial charge in [-0.05, 0) is 61.0 Å². The highest BCUT2D eigenvalue weighted by Crippen LogP contribution is 2.28. The normalized spacial score (nSPS) is 11.0. The second-order valence-electron chi connectivity index (χ2n) is 6.76. The van der Waals surface area contributed by atoms with Crippen LogP contribution in [-0.4, -0.2) is 32.2 Å². The minimum absolute atomic E-state index is 0.145. The van der Waals surface area contributed by atoms with Gasteiger partial charge in [-0.3, -0.25) is 14.0 Å². The van der Waals surface area contributed by atoms with Gasteiger partial charge in [0.25, 0.3) is 0 Å². The van der Waals surface area contributed by atoms with Gasteiger partial charge in [0.1, 0.15) is 0 Å². The molecule has 0 fully saturated rings. The molecule has 2 aromatic heterocycles. The SMILES string of the molecule is CC(=O)Nc1ccc(NC(=O)CSc2nnc3cc(C)c4cc(Cl)ccc4n23)cc1. The first-order chi connectivity index (χ1) is 14.4. The molecule has 0 saturated carbocycles. The van der Waals surface area contributed by atoms with E-state index < -0.39 is 0 Å². The quantitative estimate of drug-likeness (QED) is 0.446. The zero-order chi connectivity index (χ0) is 21.3. The number of aromatic nitrogens is 3. The standard InChI is InChI=1S/C21H18ClN5O2S/c1-12-9-19-25-26-21(27(19)18-8-3-14(22)10-17(12)18)30-11-20(29)24-16-6-4-15(5-7-16)23-13(2)28/h3-10H,11H2,1-2H3,(H,23,28)(H,24,29). The molecule has 0 aliphatic heterocycles. The molecular weight excluding hydrogens is 422 g/mol. The van der Waals surface area contributed by atoms with E-state index in [0.717, 1.165) is 22.1 Å². The molecule has 4 aromatic rings. The fraction of sp³-hybridized carbons (Fsp3) is 0.143. The molecule has 152 valence electrons. The van der Waals surface area contributed by atoms with Crippen molar-refractivity contribution in [2.24, 2.45) is 0 Å². The number of carbonyl (C=O) groups is 2. The van der Waals surface area contributed by atoms with Crippen molar-refractivity contribution >= 4 is 63.1 Å². The molecule has 9 heteroatoms.